The molecule has 1 aliphatic carbocycles. The summed E-state index contributed by atoms with van der Waals surface area (Å²) in [6.07, 6.45) is 4.20. The third-order valence-electron chi connectivity index (χ3n) is 5.17. The van der Waals surface area contributed by atoms with Crippen LogP contribution in [0.3, 0.4) is 0 Å². The molecule has 6 heteroatoms. The molecule has 1 saturated heterocycles. The zero-order chi connectivity index (χ0) is 16.4. The highest BCUT2D eigenvalue weighted by atomic mass is 35.5. The molecule has 134 valence electrons. The van der Waals surface area contributed by atoms with Gasteiger partial charge < -0.3 is 15.4 Å². The van der Waals surface area contributed by atoms with Crippen LogP contribution >= 0.6 is 12.4 Å². The molecule has 0 aromatic carbocycles. The van der Waals surface area contributed by atoms with E-state index in [1.807, 2.05) is 6.20 Å². The summed E-state index contributed by atoms with van der Waals surface area (Å²) < 4.78 is 5.43. The fraction of sp³-hybridized carbons (Fsp3) is 0.474. The van der Waals surface area contributed by atoms with Gasteiger partial charge in [-0.3, -0.25) is 4.98 Å². The van der Waals surface area contributed by atoms with Crippen LogP contribution < -0.4 is 10.6 Å². The van der Waals surface area contributed by atoms with Crippen molar-refractivity contribution in [1.82, 2.24) is 9.97 Å². The minimum atomic E-state index is 0. The van der Waals surface area contributed by atoms with Crippen molar-refractivity contribution >= 4 is 18.2 Å². The number of nitrogens with two attached hydrogens (primary N) is 1. The van der Waals surface area contributed by atoms with E-state index in [1.165, 1.54) is 11.3 Å². The summed E-state index contributed by atoms with van der Waals surface area (Å²) in [6.45, 7) is 3.96. The number of ether oxygens (including phenoxy) is 1. The Morgan fingerprint density at radius 3 is 2.68 bits per heavy atom. The summed E-state index contributed by atoms with van der Waals surface area (Å²) in [5.74, 6) is 2.26. The summed E-state index contributed by atoms with van der Waals surface area (Å²) in [5, 5.41) is 0. The summed E-state index contributed by atoms with van der Waals surface area (Å²) in [6, 6.07) is 10.7. The van der Waals surface area contributed by atoms with Crippen molar-refractivity contribution < 1.29 is 4.74 Å². The first-order chi connectivity index (χ1) is 11.8. The van der Waals surface area contributed by atoms with Gasteiger partial charge in [0.05, 0.1) is 18.9 Å². The molecule has 2 aromatic heterocycles. The Balaban J connectivity index is 0.00000182. The van der Waals surface area contributed by atoms with Crippen LogP contribution in [-0.2, 0) is 11.3 Å². The van der Waals surface area contributed by atoms with E-state index in [2.05, 4.69) is 40.2 Å². The van der Waals surface area contributed by atoms with Gasteiger partial charge in [0.25, 0.3) is 0 Å². The molecule has 0 bridgehead atoms. The molecule has 25 heavy (non-hydrogen) atoms. The summed E-state index contributed by atoms with van der Waals surface area (Å²) in [7, 11) is 0. The van der Waals surface area contributed by atoms with Gasteiger partial charge in [-0.05, 0) is 48.6 Å². The molecular weight excluding hydrogens is 336 g/mol. The van der Waals surface area contributed by atoms with Crippen molar-refractivity contribution in [3.05, 3.63) is 53.5 Å². The summed E-state index contributed by atoms with van der Waals surface area (Å²) in [4.78, 5) is 11.5. The quantitative estimate of drug-likeness (QED) is 0.908. The highest BCUT2D eigenvalue weighted by Crippen LogP contribution is 2.47. The van der Waals surface area contributed by atoms with E-state index in [4.69, 9.17) is 15.5 Å². The average Bonchev–Trinajstić information content (AvgIpc) is 2.62. The predicted octanol–water partition coefficient (Wildman–Crippen LogP) is 2.85. The fourth-order valence-corrected chi connectivity index (χ4v) is 3.63. The van der Waals surface area contributed by atoms with Gasteiger partial charge in [0, 0.05) is 37.4 Å². The third-order valence-corrected chi connectivity index (χ3v) is 5.17. The molecule has 2 aromatic rings. The molecular formula is C19H25ClN4O. The Bertz CT molecular complexity index is 699. The number of hydrogen-bond acceptors (Lipinski definition) is 5. The van der Waals surface area contributed by atoms with E-state index in [-0.39, 0.29) is 12.4 Å². The molecule has 0 unspecified atom stereocenters. The smallest absolute Gasteiger partial charge is 0.128 e. The molecule has 2 aliphatic rings. The SMILES string of the molecule is Cl.NCc1cc(C2CC(c3cccc(N4CCOCC4)n3)C2)ccn1. The van der Waals surface area contributed by atoms with Gasteiger partial charge in [0.1, 0.15) is 5.82 Å². The molecule has 0 amide bonds. The molecule has 3 heterocycles. The van der Waals surface area contributed by atoms with E-state index in [9.17, 15) is 0 Å². The van der Waals surface area contributed by atoms with Crippen molar-refractivity contribution in [2.75, 3.05) is 31.2 Å². The number of aromatic nitrogens is 2. The topological polar surface area (TPSA) is 64.3 Å². The maximum Gasteiger partial charge on any atom is 0.128 e. The number of pyridine rings is 2. The second-order valence-corrected chi connectivity index (χ2v) is 6.67. The Morgan fingerprint density at radius 1 is 1.12 bits per heavy atom. The van der Waals surface area contributed by atoms with Crippen molar-refractivity contribution in [2.45, 2.75) is 31.2 Å². The van der Waals surface area contributed by atoms with Crippen molar-refractivity contribution in [2.24, 2.45) is 5.73 Å². The Hall–Kier alpha value is -1.69. The van der Waals surface area contributed by atoms with Gasteiger partial charge in [0.2, 0.25) is 0 Å². The number of hydrogen-bond donors (Lipinski definition) is 1. The Labute approximate surface area is 155 Å². The van der Waals surface area contributed by atoms with Gasteiger partial charge in [0.15, 0.2) is 0 Å². The minimum absolute atomic E-state index is 0. The Kier molecular flexibility index (Phi) is 5.89. The molecule has 2 N–H and O–H groups in total. The molecule has 0 spiro atoms. The van der Waals surface area contributed by atoms with Crippen molar-refractivity contribution in [3.8, 4) is 0 Å². The lowest BCUT2D eigenvalue weighted by Crippen LogP contribution is -2.37. The largest absolute Gasteiger partial charge is 0.378 e. The van der Waals surface area contributed by atoms with E-state index in [0.29, 0.717) is 18.4 Å². The lowest BCUT2D eigenvalue weighted by Gasteiger charge is -2.36. The standard InChI is InChI=1S/C19H24N4O.ClH/c20-13-17-12-14(4-5-21-17)15-10-16(11-15)18-2-1-3-19(22-18)23-6-8-24-9-7-23;/h1-5,12,15-16H,6-11,13,20H2;1H. The number of morpholine rings is 1. The van der Waals surface area contributed by atoms with Crippen molar-refractivity contribution in [1.29, 1.82) is 0 Å². The molecule has 0 radical (unpaired) electrons. The van der Waals surface area contributed by atoms with E-state index in [0.717, 1.165) is 50.7 Å². The van der Waals surface area contributed by atoms with Gasteiger partial charge in [-0.15, -0.1) is 12.4 Å². The summed E-state index contributed by atoms with van der Waals surface area (Å²) >= 11 is 0. The lowest BCUT2D eigenvalue weighted by atomic mass is 9.70. The first-order valence-corrected chi connectivity index (χ1v) is 8.78. The van der Waals surface area contributed by atoms with E-state index < -0.39 is 0 Å². The normalized spacial score (nSPS) is 22.8. The maximum atomic E-state index is 5.70. The van der Waals surface area contributed by atoms with Crippen molar-refractivity contribution in [3.63, 3.8) is 0 Å². The maximum absolute atomic E-state index is 5.70. The van der Waals surface area contributed by atoms with Crippen LogP contribution in [-0.4, -0.2) is 36.3 Å². The lowest BCUT2D eigenvalue weighted by molar-refractivity contribution is 0.122. The van der Waals surface area contributed by atoms with E-state index >= 15 is 0 Å². The zero-order valence-electron chi connectivity index (χ0n) is 14.3. The van der Waals surface area contributed by atoms with Crippen LogP contribution in [0.5, 0.6) is 0 Å². The predicted molar refractivity (Wildman–Crippen MR) is 101 cm³/mol. The third kappa shape index (κ3) is 3.94. The van der Waals surface area contributed by atoms with Crippen LogP contribution in [0, 0.1) is 0 Å². The fourth-order valence-electron chi connectivity index (χ4n) is 3.63. The Morgan fingerprint density at radius 2 is 1.92 bits per heavy atom. The van der Waals surface area contributed by atoms with Gasteiger partial charge in [-0.2, -0.15) is 0 Å². The molecule has 5 nitrogen and oxygen atoms in total. The average molecular weight is 361 g/mol. The number of halogens is 1. The highest BCUT2D eigenvalue weighted by molar-refractivity contribution is 5.85. The van der Waals surface area contributed by atoms with Gasteiger partial charge in [-0.1, -0.05) is 6.07 Å². The van der Waals surface area contributed by atoms with Gasteiger partial charge >= 0.3 is 0 Å². The van der Waals surface area contributed by atoms with Gasteiger partial charge in [-0.25, -0.2) is 4.98 Å². The summed E-state index contributed by atoms with van der Waals surface area (Å²) in [5.41, 5.74) is 9.27. The van der Waals surface area contributed by atoms with Crippen LogP contribution in [0.1, 0.15) is 41.6 Å². The molecule has 1 aliphatic heterocycles. The van der Waals surface area contributed by atoms with Crippen LogP contribution in [0.25, 0.3) is 0 Å². The van der Waals surface area contributed by atoms with Crippen LogP contribution in [0.4, 0.5) is 5.82 Å². The van der Waals surface area contributed by atoms with E-state index in [1.54, 1.807) is 0 Å². The highest BCUT2D eigenvalue weighted by Gasteiger charge is 2.32. The number of nitrogens with zero attached hydrogens (tertiary/aromatic N) is 3. The van der Waals surface area contributed by atoms with Crippen LogP contribution in [0.15, 0.2) is 36.5 Å². The molecule has 4 rings (SSSR count). The monoisotopic (exact) mass is 360 g/mol. The number of anilines is 1. The first kappa shape index (κ1) is 18.1. The second kappa shape index (κ2) is 8.13. The zero-order valence-corrected chi connectivity index (χ0v) is 15.1. The number of rotatable bonds is 4. The second-order valence-electron chi connectivity index (χ2n) is 6.67. The minimum Gasteiger partial charge on any atom is -0.378 e. The van der Waals surface area contributed by atoms with Crippen LogP contribution in [0.2, 0.25) is 0 Å². The first-order valence-electron chi connectivity index (χ1n) is 8.78. The molecule has 2 fully saturated rings. The molecule has 1 saturated carbocycles. The molecule has 0 atom stereocenters.